The van der Waals surface area contributed by atoms with Gasteiger partial charge in [0.05, 0.1) is 28.0 Å². The van der Waals surface area contributed by atoms with Crippen molar-refractivity contribution in [2.75, 3.05) is 17.4 Å². The Balaban J connectivity index is 1.93. The van der Waals surface area contributed by atoms with Crippen LogP contribution in [0.1, 0.15) is 38.5 Å². The zero-order valence-electron chi connectivity index (χ0n) is 16.5. The van der Waals surface area contributed by atoms with Crippen LogP contribution in [0.15, 0.2) is 40.5 Å². The maximum Gasteiger partial charge on any atom is 0.232 e. The van der Waals surface area contributed by atoms with Crippen LogP contribution in [-0.2, 0) is 14.6 Å². The normalized spacial score (nSPS) is 14.9. The summed E-state index contributed by atoms with van der Waals surface area (Å²) < 4.78 is 23.7. The van der Waals surface area contributed by atoms with E-state index in [1.165, 1.54) is 54.5 Å². The number of carbonyl (C=O) groups is 1. The molecule has 0 bridgehead atoms. The van der Waals surface area contributed by atoms with Crippen LogP contribution in [0.25, 0.3) is 0 Å². The van der Waals surface area contributed by atoms with Gasteiger partial charge in [-0.15, -0.1) is 11.8 Å². The van der Waals surface area contributed by atoms with Gasteiger partial charge in [0.1, 0.15) is 5.03 Å². The first-order chi connectivity index (χ1) is 13.8. The highest BCUT2D eigenvalue weighted by atomic mass is 35.5. The second-order valence-electron chi connectivity index (χ2n) is 7.22. The van der Waals surface area contributed by atoms with E-state index < -0.39 is 9.84 Å². The van der Waals surface area contributed by atoms with Gasteiger partial charge in [0, 0.05) is 12.7 Å². The Bertz CT molecular complexity index is 975. The molecule has 9 heteroatoms. The number of sulfone groups is 1. The van der Waals surface area contributed by atoms with Crippen LogP contribution in [0.4, 0.5) is 11.5 Å². The molecule has 1 aliphatic rings. The summed E-state index contributed by atoms with van der Waals surface area (Å²) in [6.45, 7) is 0. The van der Waals surface area contributed by atoms with Crippen molar-refractivity contribution in [2.24, 2.45) is 5.92 Å². The fraction of sp³-hybridized carbons (Fsp3) is 0.450. The maximum absolute atomic E-state index is 13.1. The second kappa shape index (κ2) is 9.45. The molecule has 1 saturated carbocycles. The zero-order valence-corrected chi connectivity index (χ0v) is 18.9. The van der Waals surface area contributed by atoms with E-state index in [1.54, 1.807) is 18.5 Å². The molecule has 1 aromatic heterocycles. The summed E-state index contributed by atoms with van der Waals surface area (Å²) in [7, 11) is -3.46. The van der Waals surface area contributed by atoms with Crippen LogP contribution in [0.3, 0.4) is 0 Å². The monoisotopic (exact) mass is 453 g/mol. The van der Waals surface area contributed by atoms with Crippen molar-refractivity contribution in [3.63, 3.8) is 0 Å². The minimum Gasteiger partial charge on any atom is -0.274 e. The highest BCUT2D eigenvalue weighted by Gasteiger charge is 2.24. The van der Waals surface area contributed by atoms with Crippen LogP contribution < -0.4 is 4.90 Å². The standard InChI is InChI=1S/C20H24ClN3O3S2/c1-28-19-13-22-18(12-23-19)24(20(25)10-7-14-5-3-4-6-14)15-8-9-17(16(21)11-15)29(2,26)27/h8-9,11-14H,3-7,10H2,1-2H3. The molecule has 1 fully saturated rings. The SMILES string of the molecule is CSc1cnc(N(C(=O)CCC2CCCC2)c2ccc(S(C)(=O)=O)c(Cl)c2)cn1. The molecule has 6 nitrogen and oxygen atoms in total. The summed E-state index contributed by atoms with van der Waals surface area (Å²) >= 11 is 7.68. The summed E-state index contributed by atoms with van der Waals surface area (Å²) in [6, 6.07) is 4.50. The number of amides is 1. The van der Waals surface area contributed by atoms with E-state index in [0.29, 0.717) is 23.8 Å². The first-order valence-corrected chi connectivity index (χ1v) is 13.0. The molecular formula is C20H24ClN3O3S2. The van der Waals surface area contributed by atoms with Gasteiger partial charge in [-0.2, -0.15) is 0 Å². The topological polar surface area (TPSA) is 80.2 Å². The van der Waals surface area contributed by atoms with Crippen molar-refractivity contribution in [1.29, 1.82) is 0 Å². The number of aromatic nitrogens is 2. The summed E-state index contributed by atoms with van der Waals surface area (Å²) in [5, 5.41) is 0.824. The third kappa shape index (κ3) is 5.49. The number of rotatable bonds is 7. The number of hydrogen-bond donors (Lipinski definition) is 0. The van der Waals surface area contributed by atoms with E-state index in [-0.39, 0.29) is 15.8 Å². The molecule has 0 N–H and O–H groups in total. The van der Waals surface area contributed by atoms with Crippen LogP contribution >= 0.6 is 23.4 Å². The van der Waals surface area contributed by atoms with E-state index in [0.717, 1.165) is 17.7 Å². The van der Waals surface area contributed by atoms with Crippen LogP contribution in [-0.4, -0.2) is 36.8 Å². The van der Waals surface area contributed by atoms with Gasteiger partial charge in [-0.1, -0.05) is 37.3 Å². The molecule has 3 rings (SSSR count). The fourth-order valence-corrected chi connectivity index (χ4v) is 5.24. The van der Waals surface area contributed by atoms with Crippen molar-refractivity contribution in [3.8, 4) is 0 Å². The first-order valence-electron chi connectivity index (χ1n) is 9.48. The number of anilines is 2. The summed E-state index contributed by atoms with van der Waals surface area (Å²) in [4.78, 5) is 23.4. The number of hydrogen-bond acceptors (Lipinski definition) is 6. The second-order valence-corrected chi connectivity index (χ2v) is 10.4. The number of carbonyl (C=O) groups excluding carboxylic acids is 1. The number of nitrogens with zero attached hydrogens (tertiary/aromatic N) is 3. The Morgan fingerprint density at radius 2 is 1.97 bits per heavy atom. The van der Waals surface area contributed by atoms with E-state index in [1.807, 2.05) is 6.26 Å². The van der Waals surface area contributed by atoms with E-state index in [2.05, 4.69) is 9.97 Å². The molecule has 0 atom stereocenters. The molecule has 156 valence electrons. The minimum absolute atomic E-state index is 0.0325. The predicted octanol–water partition coefficient (Wildman–Crippen LogP) is 4.89. The number of halogens is 1. The molecule has 0 spiro atoms. The van der Waals surface area contributed by atoms with Crippen LogP contribution in [0.5, 0.6) is 0 Å². The highest BCUT2D eigenvalue weighted by molar-refractivity contribution is 7.98. The predicted molar refractivity (Wildman–Crippen MR) is 117 cm³/mol. The van der Waals surface area contributed by atoms with Crippen molar-refractivity contribution in [2.45, 2.75) is 48.4 Å². The van der Waals surface area contributed by atoms with E-state index in [9.17, 15) is 13.2 Å². The minimum atomic E-state index is -3.46. The maximum atomic E-state index is 13.1. The largest absolute Gasteiger partial charge is 0.274 e. The Labute approximate surface area is 181 Å². The lowest BCUT2D eigenvalue weighted by Gasteiger charge is -2.23. The van der Waals surface area contributed by atoms with Gasteiger partial charge in [-0.3, -0.25) is 9.69 Å². The molecule has 1 heterocycles. The molecule has 1 aromatic carbocycles. The lowest BCUT2D eigenvalue weighted by Crippen LogP contribution is -2.27. The molecule has 2 aromatic rings. The Kier molecular flexibility index (Phi) is 7.19. The van der Waals surface area contributed by atoms with Gasteiger partial charge < -0.3 is 0 Å². The summed E-state index contributed by atoms with van der Waals surface area (Å²) in [5.41, 5.74) is 0.477. The van der Waals surface area contributed by atoms with E-state index in [4.69, 9.17) is 11.6 Å². The van der Waals surface area contributed by atoms with Crippen molar-refractivity contribution in [1.82, 2.24) is 9.97 Å². The van der Waals surface area contributed by atoms with Gasteiger partial charge >= 0.3 is 0 Å². The Hall–Kier alpha value is -1.64. The van der Waals surface area contributed by atoms with Gasteiger partial charge in [0.25, 0.3) is 0 Å². The molecule has 0 aliphatic heterocycles. The van der Waals surface area contributed by atoms with Gasteiger partial charge in [0.15, 0.2) is 15.7 Å². The van der Waals surface area contributed by atoms with Crippen LogP contribution in [0.2, 0.25) is 5.02 Å². The van der Waals surface area contributed by atoms with E-state index >= 15 is 0 Å². The molecule has 1 amide bonds. The summed E-state index contributed by atoms with van der Waals surface area (Å²) in [5.74, 6) is 0.871. The first kappa shape index (κ1) is 22.1. The van der Waals surface area contributed by atoms with Gasteiger partial charge in [0.2, 0.25) is 5.91 Å². The molecule has 1 aliphatic carbocycles. The molecular weight excluding hydrogens is 430 g/mol. The fourth-order valence-electron chi connectivity index (χ4n) is 3.60. The number of benzene rings is 1. The number of thioether (sulfide) groups is 1. The molecule has 0 saturated heterocycles. The van der Waals surface area contributed by atoms with Crippen LogP contribution in [0, 0.1) is 5.92 Å². The average molecular weight is 454 g/mol. The average Bonchev–Trinajstić information content (AvgIpc) is 3.20. The third-order valence-electron chi connectivity index (χ3n) is 5.12. The molecule has 0 unspecified atom stereocenters. The van der Waals surface area contributed by atoms with Crippen molar-refractivity contribution < 1.29 is 13.2 Å². The Morgan fingerprint density at radius 1 is 1.24 bits per heavy atom. The highest BCUT2D eigenvalue weighted by Crippen LogP contribution is 2.33. The quantitative estimate of drug-likeness (QED) is 0.555. The molecule has 29 heavy (non-hydrogen) atoms. The van der Waals surface area contributed by atoms with Crippen molar-refractivity contribution in [3.05, 3.63) is 35.6 Å². The smallest absolute Gasteiger partial charge is 0.232 e. The Morgan fingerprint density at radius 3 is 2.52 bits per heavy atom. The summed E-state index contributed by atoms with van der Waals surface area (Å²) in [6.07, 6.45) is 12.2. The zero-order chi connectivity index (χ0) is 21.0. The van der Waals surface area contributed by atoms with Gasteiger partial charge in [-0.05, 0) is 36.8 Å². The lowest BCUT2D eigenvalue weighted by atomic mass is 10.0. The van der Waals surface area contributed by atoms with Gasteiger partial charge in [-0.25, -0.2) is 18.4 Å². The lowest BCUT2D eigenvalue weighted by molar-refractivity contribution is -0.118. The molecule has 0 radical (unpaired) electrons. The third-order valence-corrected chi connectivity index (χ3v) is 7.33. The van der Waals surface area contributed by atoms with Crippen molar-refractivity contribution >= 4 is 50.6 Å².